The van der Waals surface area contributed by atoms with Crippen LogP contribution in [0.4, 0.5) is 0 Å². The third-order valence-electron chi connectivity index (χ3n) is 4.16. The Balaban J connectivity index is 1.89. The monoisotopic (exact) mass is 294 g/mol. The lowest BCUT2D eigenvalue weighted by Crippen LogP contribution is -2.00. The topological polar surface area (TPSA) is 26.3 Å². The molecule has 2 nitrogen and oxygen atoms in total. The van der Waals surface area contributed by atoms with Crippen molar-refractivity contribution in [1.29, 1.82) is 0 Å². The van der Waals surface area contributed by atoms with E-state index in [4.69, 9.17) is 4.74 Å². The van der Waals surface area contributed by atoms with Gasteiger partial charge in [0.05, 0.1) is 12.0 Å². The maximum Gasteiger partial charge on any atom is 0.203 e. The van der Waals surface area contributed by atoms with Crippen molar-refractivity contribution in [2.24, 2.45) is 0 Å². The van der Waals surface area contributed by atoms with Crippen LogP contribution in [0.1, 0.15) is 26.4 Å². The van der Waals surface area contributed by atoms with E-state index in [-0.39, 0.29) is 5.78 Å². The van der Waals surface area contributed by atoms with Crippen LogP contribution < -0.4 is 4.74 Å². The zero-order valence-corrected chi connectivity index (χ0v) is 12.5. The summed E-state index contributed by atoms with van der Waals surface area (Å²) in [6, 6.07) is 12.2. The highest BCUT2D eigenvalue weighted by Gasteiger charge is 2.20. The summed E-state index contributed by atoms with van der Waals surface area (Å²) < 4.78 is 5.17. The Labute approximate surface area is 127 Å². The van der Waals surface area contributed by atoms with E-state index in [0.717, 1.165) is 34.4 Å². The van der Waals surface area contributed by atoms with Crippen LogP contribution in [-0.4, -0.2) is 12.9 Å². The summed E-state index contributed by atoms with van der Waals surface area (Å²) >= 11 is 1.44. The molecule has 4 rings (SSSR count). The number of ketones is 1. The number of hydrogen-bond donors (Lipinski definition) is 0. The molecule has 1 aromatic heterocycles. The van der Waals surface area contributed by atoms with Crippen molar-refractivity contribution in [3.8, 4) is 5.75 Å². The first-order chi connectivity index (χ1) is 10.3. The fourth-order valence-corrected chi connectivity index (χ4v) is 3.93. The van der Waals surface area contributed by atoms with Gasteiger partial charge in [-0.25, -0.2) is 0 Å². The lowest BCUT2D eigenvalue weighted by Gasteiger charge is -2.07. The number of methoxy groups -OCH3 is 1. The average molecular weight is 294 g/mol. The van der Waals surface area contributed by atoms with E-state index < -0.39 is 0 Å². The molecule has 104 valence electrons. The van der Waals surface area contributed by atoms with Crippen LogP contribution >= 0.6 is 11.3 Å². The molecule has 3 heteroatoms. The molecule has 0 bridgehead atoms. The van der Waals surface area contributed by atoms with E-state index in [1.807, 2.05) is 17.5 Å². The highest BCUT2D eigenvalue weighted by Crippen LogP contribution is 2.34. The van der Waals surface area contributed by atoms with E-state index in [1.165, 1.54) is 27.8 Å². The molecule has 0 aliphatic heterocycles. The van der Waals surface area contributed by atoms with Crippen molar-refractivity contribution in [3.63, 3.8) is 0 Å². The van der Waals surface area contributed by atoms with Gasteiger partial charge in [-0.3, -0.25) is 4.79 Å². The molecule has 3 aromatic rings. The van der Waals surface area contributed by atoms with Crippen molar-refractivity contribution in [1.82, 2.24) is 0 Å². The Hall–Kier alpha value is -2.13. The summed E-state index contributed by atoms with van der Waals surface area (Å²) in [5, 5.41) is 4.24. The summed E-state index contributed by atoms with van der Waals surface area (Å²) in [4.78, 5) is 13.5. The van der Waals surface area contributed by atoms with E-state index in [9.17, 15) is 4.79 Å². The second-order valence-corrected chi connectivity index (χ2v) is 6.20. The van der Waals surface area contributed by atoms with Crippen LogP contribution in [0.3, 0.4) is 0 Å². The maximum absolute atomic E-state index is 12.8. The van der Waals surface area contributed by atoms with E-state index in [2.05, 4.69) is 24.3 Å². The highest BCUT2D eigenvalue weighted by atomic mass is 32.1. The molecule has 0 radical (unpaired) electrons. The van der Waals surface area contributed by atoms with Gasteiger partial charge in [-0.05, 0) is 34.7 Å². The fraction of sp³-hybridized carbons (Fsp3) is 0.167. The first-order valence-electron chi connectivity index (χ1n) is 6.98. The van der Waals surface area contributed by atoms with Crippen LogP contribution in [0.25, 0.3) is 10.8 Å². The molecular weight excluding hydrogens is 280 g/mol. The number of thiophene rings is 1. The van der Waals surface area contributed by atoms with Crippen LogP contribution in [0.15, 0.2) is 41.8 Å². The molecular formula is C18H14O2S. The number of rotatable bonds is 3. The van der Waals surface area contributed by atoms with Gasteiger partial charge in [-0.1, -0.05) is 30.3 Å². The van der Waals surface area contributed by atoms with Crippen LogP contribution in [0, 0.1) is 0 Å². The van der Waals surface area contributed by atoms with Gasteiger partial charge in [0.2, 0.25) is 5.78 Å². The van der Waals surface area contributed by atoms with Gasteiger partial charge in [0.25, 0.3) is 0 Å². The van der Waals surface area contributed by atoms with E-state index >= 15 is 0 Å². The molecule has 0 N–H and O–H groups in total. The first kappa shape index (κ1) is 12.6. The Morgan fingerprint density at radius 1 is 1.14 bits per heavy atom. The normalized spacial score (nSPS) is 12.8. The number of ether oxygens (including phenoxy) is 1. The quantitative estimate of drug-likeness (QED) is 0.675. The standard InChI is InChI=1S/C18H14O2S/c1-20-13-9-16(21-10-13)18(19)15-8-7-12-6-5-11-3-2-4-14(15)17(11)12/h2-4,7-10H,5-6H2,1H3. The molecule has 0 atom stereocenters. The Kier molecular flexibility index (Phi) is 2.82. The summed E-state index contributed by atoms with van der Waals surface area (Å²) in [6.07, 6.45) is 2.16. The zero-order chi connectivity index (χ0) is 14.4. The molecule has 0 unspecified atom stereocenters. The van der Waals surface area contributed by atoms with Crippen molar-refractivity contribution < 1.29 is 9.53 Å². The van der Waals surface area contributed by atoms with Crippen molar-refractivity contribution >= 4 is 27.9 Å². The number of benzene rings is 2. The fourth-order valence-electron chi connectivity index (χ4n) is 3.12. The first-order valence-corrected chi connectivity index (χ1v) is 7.86. The molecule has 1 heterocycles. The summed E-state index contributed by atoms with van der Waals surface area (Å²) in [5.74, 6) is 0.827. The molecule has 21 heavy (non-hydrogen) atoms. The third-order valence-corrected chi connectivity index (χ3v) is 5.06. The van der Waals surface area contributed by atoms with Crippen molar-refractivity contribution in [2.75, 3.05) is 7.11 Å². The van der Waals surface area contributed by atoms with Gasteiger partial charge in [0, 0.05) is 17.0 Å². The van der Waals surface area contributed by atoms with Crippen LogP contribution in [0.2, 0.25) is 0 Å². The van der Waals surface area contributed by atoms with E-state index in [0.29, 0.717) is 0 Å². The minimum Gasteiger partial charge on any atom is -0.496 e. The van der Waals surface area contributed by atoms with Gasteiger partial charge >= 0.3 is 0 Å². The summed E-state index contributed by atoms with van der Waals surface area (Å²) in [5.41, 5.74) is 3.52. The molecule has 0 fully saturated rings. The minimum atomic E-state index is 0.0823. The van der Waals surface area contributed by atoms with Crippen LogP contribution in [-0.2, 0) is 12.8 Å². The molecule has 1 aliphatic carbocycles. The van der Waals surface area contributed by atoms with Gasteiger partial charge in [-0.2, -0.15) is 0 Å². The van der Waals surface area contributed by atoms with Crippen molar-refractivity contribution in [3.05, 3.63) is 63.3 Å². The van der Waals surface area contributed by atoms with Gasteiger partial charge in [-0.15, -0.1) is 11.3 Å². The molecule has 0 spiro atoms. The number of carbonyl (C=O) groups is 1. The minimum absolute atomic E-state index is 0.0823. The second kappa shape index (κ2) is 4.71. The van der Waals surface area contributed by atoms with Gasteiger partial charge < -0.3 is 4.74 Å². The Morgan fingerprint density at radius 2 is 1.95 bits per heavy atom. The predicted molar refractivity (Wildman–Crippen MR) is 85.7 cm³/mol. The average Bonchev–Trinajstić information content (AvgIpc) is 3.15. The zero-order valence-electron chi connectivity index (χ0n) is 11.7. The van der Waals surface area contributed by atoms with Crippen molar-refractivity contribution in [2.45, 2.75) is 12.8 Å². The number of hydrogen-bond acceptors (Lipinski definition) is 3. The molecule has 0 amide bonds. The molecule has 0 saturated carbocycles. The number of carbonyl (C=O) groups excluding carboxylic acids is 1. The molecule has 0 saturated heterocycles. The largest absolute Gasteiger partial charge is 0.496 e. The summed E-state index contributed by atoms with van der Waals surface area (Å²) in [6.45, 7) is 0. The smallest absolute Gasteiger partial charge is 0.203 e. The maximum atomic E-state index is 12.8. The van der Waals surface area contributed by atoms with Gasteiger partial charge in [0.1, 0.15) is 5.75 Å². The predicted octanol–water partition coefficient (Wildman–Crippen LogP) is 4.24. The van der Waals surface area contributed by atoms with E-state index in [1.54, 1.807) is 7.11 Å². The Bertz CT molecular complexity index is 851. The number of aryl methyl sites for hydroxylation is 2. The van der Waals surface area contributed by atoms with Crippen LogP contribution in [0.5, 0.6) is 5.75 Å². The SMILES string of the molecule is COc1csc(C(=O)c2ccc3c4c(cccc24)CC3)c1. The summed E-state index contributed by atoms with van der Waals surface area (Å²) in [7, 11) is 1.62. The lowest BCUT2D eigenvalue weighted by molar-refractivity contribution is 0.104. The molecule has 2 aromatic carbocycles. The highest BCUT2D eigenvalue weighted by molar-refractivity contribution is 7.12. The third kappa shape index (κ3) is 1.88. The van der Waals surface area contributed by atoms with Gasteiger partial charge in [0.15, 0.2) is 0 Å². The Morgan fingerprint density at radius 3 is 2.71 bits per heavy atom. The second-order valence-electron chi connectivity index (χ2n) is 5.29. The lowest BCUT2D eigenvalue weighted by atomic mass is 9.97. The molecule has 1 aliphatic rings.